The van der Waals surface area contributed by atoms with Crippen molar-refractivity contribution in [2.45, 2.75) is 31.9 Å². The van der Waals surface area contributed by atoms with Gasteiger partial charge in [-0.15, -0.1) is 0 Å². The van der Waals surface area contributed by atoms with Crippen LogP contribution >= 0.6 is 0 Å². The summed E-state index contributed by atoms with van der Waals surface area (Å²) in [6, 6.07) is 4.86. The molecule has 108 valence electrons. The summed E-state index contributed by atoms with van der Waals surface area (Å²) in [4.78, 5) is 11.1. The molecule has 1 amide bonds. The Morgan fingerprint density at radius 2 is 1.85 bits per heavy atom. The van der Waals surface area contributed by atoms with Crippen molar-refractivity contribution in [2.75, 3.05) is 0 Å². The van der Waals surface area contributed by atoms with E-state index in [1.165, 1.54) is 24.6 Å². The van der Waals surface area contributed by atoms with E-state index >= 15 is 0 Å². The predicted molar refractivity (Wildman–Crippen MR) is 70.6 cm³/mol. The third-order valence-electron chi connectivity index (χ3n) is 3.63. The molecule has 0 unspecified atom stereocenters. The number of hydrogen-bond acceptors (Lipinski definition) is 1. The first kappa shape index (κ1) is 14.6. The van der Waals surface area contributed by atoms with Gasteiger partial charge in [0.1, 0.15) is 0 Å². The van der Waals surface area contributed by atoms with Crippen molar-refractivity contribution < 1.29 is 18.0 Å². The number of alkyl halides is 3. The maximum Gasteiger partial charge on any atom is 0.416 e. The van der Waals surface area contributed by atoms with Gasteiger partial charge in [0.15, 0.2) is 0 Å². The molecule has 1 aliphatic carbocycles. The average Bonchev–Trinajstić information content (AvgIpc) is 2.31. The Kier molecular flexibility index (Phi) is 4.16. The number of allylic oxidation sites excluding steroid dienone is 1. The van der Waals surface area contributed by atoms with Crippen LogP contribution in [0.25, 0.3) is 5.57 Å². The molecule has 0 spiro atoms. The van der Waals surface area contributed by atoms with Gasteiger partial charge in [-0.3, -0.25) is 4.79 Å². The van der Waals surface area contributed by atoms with Crippen LogP contribution in [0.5, 0.6) is 0 Å². The molecule has 0 heterocycles. The van der Waals surface area contributed by atoms with Crippen molar-refractivity contribution in [3.63, 3.8) is 0 Å². The van der Waals surface area contributed by atoms with Gasteiger partial charge in [0.25, 0.3) is 0 Å². The van der Waals surface area contributed by atoms with E-state index in [1.807, 2.05) is 0 Å². The van der Waals surface area contributed by atoms with Gasteiger partial charge in [-0.25, -0.2) is 0 Å². The SMILES string of the molecule is NC(=O)/C=C(\CC1CCC1)c1ccc(C(F)(F)F)cc1. The zero-order valence-electron chi connectivity index (χ0n) is 10.9. The molecule has 1 saturated carbocycles. The minimum atomic E-state index is -4.35. The molecule has 0 aromatic heterocycles. The lowest BCUT2D eigenvalue weighted by Gasteiger charge is -2.26. The van der Waals surface area contributed by atoms with Crippen LogP contribution in [0, 0.1) is 5.92 Å². The molecule has 20 heavy (non-hydrogen) atoms. The van der Waals surface area contributed by atoms with Gasteiger partial charge in [-0.2, -0.15) is 13.2 Å². The molecule has 0 bridgehead atoms. The molecule has 2 nitrogen and oxygen atoms in total. The first-order chi connectivity index (χ1) is 9.36. The fourth-order valence-corrected chi connectivity index (χ4v) is 2.31. The molecule has 5 heteroatoms. The largest absolute Gasteiger partial charge is 0.416 e. The van der Waals surface area contributed by atoms with Crippen LogP contribution in [0.4, 0.5) is 13.2 Å². The summed E-state index contributed by atoms with van der Waals surface area (Å²) in [5, 5.41) is 0. The van der Waals surface area contributed by atoms with Crippen LogP contribution in [0.2, 0.25) is 0 Å². The van der Waals surface area contributed by atoms with Crippen LogP contribution in [0.15, 0.2) is 30.3 Å². The fraction of sp³-hybridized carbons (Fsp3) is 0.400. The number of hydrogen-bond donors (Lipinski definition) is 1. The van der Waals surface area contributed by atoms with Gasteiger partial charge in [0.05, 0.1) is 5.56 Å². The van der Waals surface area contributed by atoms with E-state index < -0.39 is 17.6 Å². The quantitative estimate of drug-likeness (QED) is 0.840. The van der Waals surface area contributed by atoms with Crippen LogP contribution in [0.3, 0.4) is 0 Å². The third-order valence-corrected chi connectivity index (χ3v) is 3.63. The Morgan fingerprint density at radius 1 is 1.25 bits per heavy atom. The van der Waals surface area contributed by atoms with Crippen LogP contribution in [-0.2, 0) is 11.0 Å². The normalized spacial score (nSPS) is 16.9. The zero-order valence-corrected chi connectivity index (χ0v) is 10.9. The maximum absolute atomic E-state index is 12.5. The first-order valence-corrected chi connectivity index (χ1v) is 6.54. The second kappa shape index (κ2) is 5.69. The summed E-state index contributed by atoms with van der Waals surface area (Å²) in [6.45, 7) is 0. The molecule has 1 fully saturated rings. The number of benzene rings is 1. The first-order valence-electron chi connectivity index (χ1n) is 6.54. The van der Waals surface area contributed by atoms with E-state index in [1.54, 1.807) is 0 Å². The molecule has 1 aliphatic rings. The van der Waals surface area contributed by atoms with Crippen molar-refractivity contribution in [1.82, 2.24) is 0 Å². The van der Waals surface area contributed by atoms with Gasteiger partial charge < -0.3 is 5.73 Å². The van der Waals surface area contributed by atoms with E-state index in [9.17, 15) is 18.0 Å². The van der Waals surface area contributed by atoms with Gasteiger partial charge >= 0.3 is 6.18 Å². The smallest absolute Gasteiger partial charge is 0.366 e. The van der Waals surface area contributed by atoms with Crippen molar-refractivity contribution in [3.8, 4) is 0 Å². The summed E-state index contributed by atoms with van der Waals surface area (Å²) in [5.41, 5.74) is 5.83. The summed E-state index contributed by atoms with van der Waals surface area (Å²) in [5.74, 6) is -0.0675. The number of rotatable bonds is 4. The summed E-state index contributed by atoms with van der Waals surface area (Å²) < 4.78 is 37.5. The molecule has 0 atom stereocenters. The topological polar surface area (TPSA) is 43.1 Å². The van der Waals surface area contributed by atoms with Gasteiger partial charge in [0.2, 0.25) is 5.91 Å². The Labute approximate surface area is 115 Å². The van der Waals surface area contributed by atoms with Crippen LogP contribution in [0.1, 0.15) is 36.8 Å². The lowest BCUT2D eigenvalue weighted by atomic mass is 9.79. The lowest BCUT2D eigenvalue weighted by molar-refractivity contribution is -0.137. The van der Waals surface area contributed by atoms with Crippen molar-refractivity contribution in [2.24, 2.45) is 11.7 Å². The summed E-state index contributed by atoms with van der Waals surface area (Å²) >= 11 is 0. The number of carbonyl (C=O) groups is 1. The molecule has 0 saturated heterocycles. The Bertz CT molecular complexity index is 513. The molecule has 1 aromatic carbocycles. The van der Waals surface area contributed by atoms with E-state index in [0.717, 1.165) is 30.5 Å². The molecular weight excluding hydrogens is 267 g/mol. The predicted octanol–water partition coefficient (Wildman–Crippen LogP) is 3.76. The standard InChI is InChI=1S/C15H16F3NO/c16-15(17,18)13-6-4-11(5-7-13)12(9-14(19)20)8-10-2-1-3-10/h4-7,9-10H,1-3,8H2,(H2,19,20)/b12-9+. The number of carbonyl (C=O) groups excluding carboxylic acids is 1. The zero-order chi connectivity index (χ0) is 14.8. The van der Waals surface area contributed by atoms with Gasteiger partial charge in [0, 0.05) is 6.08 Å². The molecular formula is C15H16F3NO. The Balaban J connectivity index is 2.22. The second-order valence-electron chi connectivity index (χ2n) is 5.15. The van der Waals surface area contributed by atoms with Crippen molar-refractivity contribution >= 4 is 11.5 Å². The molecule has 1 aromatic rings. The monoisotopic (exact) mass is 283 g/mol. The second-order valence-corrected chi connectivity index (χ2v) is 5.15. The maximum atomic E-state index is 12.5. The highest BCUT2D eigenvalue weighted by atomic mass is 19.4. The minimum Gasteiger partial charge on any atom is -0.366 e. The van der Waals surface area contributed by atoms with Gasteiger partial charge in [-0.05, 0) is 35.6 Å². The molecule has 2 rings (SSSR count). The summed E-state index contributed by atoms with van der Waals surface area (Å²) in [7, 11) is 0. The Hall–Kier alpha value is -1.78. The van der Waals surface area contributed by atoms with E-state index in [2.05, 4.69) is 0 Å². The molecule has 0 radical (unpaired) electrons. The van der Waals surface area contributed by atoms with Crippen molar-refractivity contribution in [3.05, 3.63) is 41.5 Å². The number of primary amides is 1. The van der Waals surface area contributed by atoms with E-state index in [-0.39, 0.29) is 0 Å². The van der Waals surface area contributed by atoms with E-state index in [4.69, 9.17) is 5.73 Å². The highest BCUT2D eigenvalue weighted by Gasteiger charge is 2.30. The lowest BCUT2D eigenvalue weighted by Crippen LogP contribution is -2.13. The highest BCUT2D eigenvalue weighted by Crippen LogP contribution is 2.36. The summed E-state index contributed by atoms with van der Waals surface area (Å²) in [6.07, 6.45) is 1.02. The third kappa shape index (κ3) is 3.62. The van der Waals surface area contributed by atoms with Crippen LogP contribution < -0.4 is 5.73 Å². The number of halogens is 3. The fourth-order valence-electron chi connectivity index (χ4n) is 2.31. The molecule has 2 N–H and O–H groups in total. The van der Waals surface area contributed by atoms with Crippen LogP contribution in [-0.4, -0.2) is 5.91 Å². The molecule has 0 aliphatic heterocycles. The number of nitrogens with two attached hydrogens (primary N) is 1. The van der Waals surface area contributed by atoms with Crippen molar-refractivity contribution in [1.29, 1.82) is 0 Å². The van der Waals surface area contributed by atoms with E-state index in [0.29, 0.717) is 17.9 Å². The van der Waals surface area contributed by atoms with Gasteiger partial charge in [-0.1, -0.05) is 31.4 Å². The Morgan fingerprint density at radius 3 is 2.25 bits per heavy atom. The average molecular weight is 283 g/mol. The number of amides is 1. The highest BCUT2D eigenvalue weighted by molar-refractivity contribution is 5.94. The minimum absolute atomic E-state index is 0.503.